The second-order valence-corrected chi connectivity index (χ2v) is 8.11. The average molecular weight is 473 g/mol. The highest BCUT2D eigenvalue weighted by Crippen LogP contribution is 2.26. The van der Waals surface area contributed by atoms with E-state index in [0.717, 1.165) is 32.2 Å². The van der Waals surface area contributed by atoms with Crippen LogP contribution in [0.4, 0.5) is 5.69 Å². The van der Waals surface area contributed by atoms with Crippen molar-refractivity contribution in [3.05, 3.63) is 77.0 Å². The lowest BCUT2D eigenvalue weighted by molar-refractivity contribution is -0.115. The first-order chi connectivity index (χ1) is 14.1. The minimum atomic E-state index is -0.115. The molecule has 2 aromatic carbocycles. The fraction of sp³-hybridized carbons (Fsp3) is 0.190. The number of benzene rings is 2. The molecule has 3 aromatic rings. The molecular weight excluding hydrogens is 452 g/mol. The summed E-state index contributed by atoms with van der Waals surface area (Å²) in [4.78, 5) is 13.7. The lowest BCUT2D eigenvalue weighted by Crippen LogP contribution is -2.18. The summed E-state index contributed by atoms with van der Waals surface area (Å²) in [6.45, 7) is 4.26. The Morgan fingerprint density at radius 2 is 1.97 bits per heavy atom. The molecule has 150 valence electrons. The van der Waals surface area contributed by atoms with Crippen molar-refractivity contribution in [2.45, 2.75) is 23.6 Å². The Kier molecular flexibility index (Phi) is 7.48. The molecule has 0 saturated carbocycles. The summed E-state index contributed by atoms with van der Waals surface area (Å²) in [6, 6.07) is 15.3. The molecular formula is C21H21BrN4O2S. The molecule has 0 aliphatic carbocycles. The Bertz CT molecular complexity index is 971. The van der Waals surface area contributed by atoms with Gasteiger partial charge in [-0.3, -0.25) is 4.79 Å². The second kappa shape index (κ2) is 10.3. The number of amides is 1. The van der Waals surface area contributed by atoms with E-state index < -0.39 is 0 Å². The van der Waals surface area contributed by atoms with E-state index in [9.17, 15) is 4.79 Å². The van der Waals surface area contributed by atoms with E-state index in [1.54, 1.807) is 29.6 Å². The number of carbonyl (C=O) groups excluding carboxylic acids is 1. The number of thioether (sulfide) groups is 1. The highest BCUT2D eigenvalue weighted by Gasteiger charge is 2.16. The first kappa shape index (κ1) is 21.1. The highest BCUT2D eigenvalue weighted by atomic mass is 79.9. The van der Waals surface area contributed by atoms with Crippen molar-refractivity contribution in [2.75, 3.05) is 12.4 Å². The molecule has 0 saturated heterocycles. The number of rotatable bonds is 9. The first-order valence-corrected chi connectivity index (χ1v) is 10.7. The van der Waals surface area contributed by atoms with Gasteiger partial charge in [-0.05, 0) is 48.5 Å². The van der Waals surface area contributed by atoms with Crippen LogP contribution in [0.25, 0.3) is 0 Å². The number of halogens is 1. The summed E-state index contributed by atoms with van der Waals surface area (Å²) >= 11 is 5.03. The molecule has 1 N–H and O–H groups in total. The van der Waals surface area contributed by atoms with Crippen LogP contribution < -0.4 is 10.1 Å². The standard InChI is InChI=1S/C21H21BrN4O2S/c1-3-12-26-20(13-21(27)23-16-6-4-15(22)5-7-16)19(24-25-26)14-29-18-10-8-17(28-2)9-11-18/h3-11H,1,12-14H2,2H3,(H,23,27). The zero-order valence-electron chi connectivity index (χ0n) is 16.0. The zero-order chi connectivity index (χ0) is 20.6. The van der Waals surface area contributed by atoms with Crippen molar-refractivity contribution in [2.24, 2.45) is 0 Å². The van der Waals surface area contributed by atoms with Crippen molar-refractivity contribution < 1.29 is 9.53 Å². The number of anilines is 1. The van der Waals surface area contributed by atoms with E-state index in [1.165, 1.54) is 0 Å². The largest absolute Gasteiger partial charge is 0.497 e. The fourth-order valence-electron chi connectivity index (χ4n) is 2.66. The quantitative estimate of drug-likeness (QED) is 0.360. The molecule has 1 aromatic heterocycles. The normalized spacial score (nSPS) is 10.6. The Morgan fingerprint density at radius 3 is 2.62 bits per heavy atom. The molecule has 6 nitrogen and oxygen atoms in total. The van der Waals surface area contributed by atoms with Crippen LogP contribution in [0.1, 0.15) is 11.4 Å². The third-order valence-corrected chi connectivity index (χ3v) is 5.66. The topological polar surface area (TPSA) is 69.0 Å². The van der Waals surface area contributed by atoms with E-state index in [0.29, 0.717) is 12.3 Å². The van der Waals surface area contributed by atoms with E-state index in [-0.39, 0.29) is 12.3 Å². The molecule has 0 aliphatic rings. The van der Waals surface area contributed by atoms with Gasteiger partial charge < -0.3 is 10.1 Å². The average Bonchev–Trinajstić information content (AvgIpc) is 3.10. The van der Waals surface area contributed by atoms with Gasteiger partial charge in [-0.1, -0.05) is 27.2 Å². The van der Waals surface area contributed by atoms with Crippen LogP contribution in [0.15, 0.2) is 70.6 Å². The molecule has 1 amide bonds. The minimum Gasteiger partial charge on any atom is -0.497 e. The van der Waals surface area contributed by atoms with Gasteiger partial charge in [0.05, 0.1) is 31.5 Å². The molecule has 0 atom stereocenters. The lowest BCUT2D eigenvalue weighted by Gasteiger charge is -2.08. The fourth-order valence-corrected chi connectivity index (χ4v) is 3.78. The van der Waals surface area contributed by atoms with Gasteiger partial charge in [0.2, 0.25) is 5.91 Å². The highest BCUT2D eigenvalue weighted by molar-refractivity contribution is 9.10. The van der Waals surface area contributed by atoms with Crippen LogP contribution in [0.5, 0.6) is 5.75 Å². The summed E-state index contributed by atoms with van der Waals surface area (Å²) in [7, 11) is 1.64. The Labute approximate surface area is 182 Å². The van der Waals surface area contributed by atoms with Crippen molar-refractivity contribution in [3.8, 4) is 5.75 Å². The Hall–Kier alpha value is -2.58. The molecule has 1 heterocycles. The summed E-state index contributed by atoms with van der Waals surface area (Å²) in [5.74, 6) is 1.32. The molecule has 29 heavy (non-hydrogen) atoms. The van der Waals surface area contributed by atoms with Crippen LogP contribution in [0.2, 0.25) is 0 Å². The van der Waals surface area contributed by atoms with Crippen LogP contribution in [-0.2, 0) is 23.5 Å². The summed E-state index contributed by atoms with van der Waals surface area (Å²) in [5.41, 5.74) is 2.33. The molecule has 0 spiro atoms. The van der Waals surface area contributed by atoms with E-state index in [1.807, 2.05) is 48.5 Å². The van der Waals surface area contributed by atoms with Gasteiger partial charge in [0.15, 0.2) is 0 Å². The van der Waals surface area contributed by atoms with Gasteiger partial charge in [-0.25, -0.2) is 4.68 Å². The summed E-state index contributed by atoms with van der Waals surface area (Å²) in [6.07, 6.45) is 1.93. The van der Waals surface area contributed by atoms with Crippen molar-refractivity contribution in [1.29, 1.82) is 0 Å². The number of aromatic nitrogens is 3. The zero-order valence-corrected chi connectivity index (χ0v) is 18.4. The van der Waals surface area contributed by atoms with Crippen molar-refractivity contribution >= 4 is 39.3 Å². The molecule has 0 aliphatic heterocycles. The van der Waals surface area contributed by atoms with Gasteiger partial charge >= 0.3 is 0 Å². The van der Waals surface area contributed by atoms with Gasteiger partial charge in [0, 0.05) is 20.8 Å². The molecule has 3 rings (SSSR count). The van der Waals surface area contributed by atoms with Gasteiger partial charge in [0.1, 0.15) is 5.75 Å². The number of methoxy groups -OCH3 is 1. The minimum absolute atomic E-state index is 0.115. The van der Waals surface area contributed by atoms with E-state index in [2.05, 4.69) is 38.1 Å². The van der Waals surface area contributed by atoms with Gasteiger partial charge in [-0.2, -0.15) is 0 Å². The smallest absolute Gasteiger partial charge is 0.230 e. The molecule has 0 bridgehead atoms. The SMILES string of the molecule is C=CCn1nnc(CSc2ccc(OC)cc2)c1CC(=O)Nc1ccc(Br)cc1. The number of nitrogens with zero attached hydrogens (tertiary/aromatic N) is 3. The van der Waals surface area contributed by atoms with Crippen LogP contribution in [0.3, 0.4) is 0 Å². The number of hydrogen-bond acceptors (Lipinski definition) is 5. The Morgan fingerprint density at radius 1 is 1.24 bits per heavy atom. The number of nitrogens with one attached hydrogen (secondary N) is 1. The molecule has 0 fully saturated rings. The first-order valence-electron chi connectivity index (χ1n) is 8.93. The lowest BCUT2D eigenvalue weighted by atomic mass is 10.2. The maximum Gasteiger partial charge on any atom is 0.230 e. The predicted octanol–water partition coefficient (Wildman–Crippen LogP) is 4.71. The van der Waals surface area contributed by atoms with Gasteiger partial charge in [0.25, 0.3) is 0 Å². The van der Waals surface area contributed by atoms with Gasteiger partial charge in [-0.15, -0.1) is 23.4 Å². The predicted molar refractivity (Wildman–Crippen MR) is 119 cm³/mol. The molecule has 0 unspecified atom stereocenters. The van der Waals surface area contributed by atoms with Crippen LogP contribution in [0, 0.1) is 0 Å². The van der Waals surface area contributed by atoms with Crippen LogP contribution in [-0.4, -0.2) is 28.0 Å². The summed E-state index contributed by atoms with van der Waals surface area (Å²) in [5, 5.41) is 11.4. The van der Waals surface area contributed by atoms with Crippen molar-refractivity contribution in [1.82, 2.24) is 15.0 Å². The summed E-state index contributed by atoms with van der Waals surface area (Å²) < 4.78 is 7.87. The monoisotopic (exact) mass is 472 g/mol. The van der Waals surface area contributed by atoms with Crippen molar-refractivity contribution in [3.63, 3.8) is 0 Å². The maximum absolute atomic E-state index is 12.6. The molecule has 8 heteroatoms. The second-order valence-electron chi connectivity index (χ2n) is 6.15. The number of ether oxygens (including phenoxy) is 1. The molecule has 0 radical (unpaired) electrons. The van der Waals surface area contributed by atoms with Crippen LogP contribution >= 0.6 is 27.7 Å². The maximum atomic E-state index is 12.6. The number of hydrogen-bond donors (Lipinski definition) is 1. The third kappa shape index (κ3) is 5.95. The van der Waals surface area contributed by atoms with E-state index >= 15 is 0 Å². The Balaban J connectivity index is 1.70. The number of carbonyl (C=O) groups is 1. The number of allylic oxidation sites excluding steroid dienone is 1. The third-order valence-electron chi connectivity index (χ3n) is 4.11. The van der Waals surface area contributed by atoms with E-state index in [4.69, 9.17) is 4.74 Å².